The fourth-order valence-corrected chi connectivity index (χ4v) is 4.01. The highest BCUT2D eigenvalue weighted by atomic mass is 32.1. The molecule has 0 saturated carbocycles. The largest absolute Gasteiger partial charge is 0.378 e. The summed E-state index contributed by atoms with van der Waals surface area (Å²) in [4.78, 5) is 31.7. The van der Waals surface area contributed by atoms with E-state index in [1.54, 1.807) is 0 Å². The SMILES string of the molecule is CCc1nnc(NC(=O)c2cnc3sc(N4CCOCC4)nn3c2=O)s1. The van der Waals surface area contributed by atoms with E-state index in [1.165, 1.54) is 33.4 Å². The van der Waals surface area contributed by atoms with Crippen LogP contribution in [0.15, 0.2) is 11.0 Å². The molecule has 1 aliphatic rings. The molecule has 0 aliphatic carbocycles. The third-order valence-electron chi connectivity index (χ3n) is 3.79. The lowest BCUT2D eigenvalue weighted by atomic mass is 10.3. The standard InChI is InChI=1S/C14H15N7O3S2/c1-2-9-17-18-12(25-9)16-10(22)8-7-15-13-21(11(8)23)19-14(26-13)20-3-5-24-6-4-20/h7H,2-6H2,1H3,(H,16,18,22). The highest BCUT2D eigenvalue weighted by Crippen LogP contribution is 2.22. The lowest BCUT2D eigenvalue weighted by molar-refractivity contribution is 0.102. The van der Waals surface area contributed by atoms with E-state index < -0.39 is 11.5 Å². The van der Waals surface area contributed by atoms with Crippen molar-refractivity contribution in [2.75, 3.05) is 36.5 Å². The van der Waals surface area contributed by atoms with E-state index >= 15 is 0 Å². The Kier molecular flexibility index (Phi) is 4.61. The average molecular weight is 393 g/mol. The normalized spacial score (nSPS) is 14.7. The van der Waals surface area contributed by atoms with Crippen LogP contribution in [0.2, 0.25) is 0 Å². The first-order valence-corrected chi connectivity index (χ1v) is 9.64. The van der Waals surface area contributed by atoms with Gasteiger partial charge in [-0.25, -0.2) is 4.98 Å². The van der Waals surface area contributed by atoms with Crippen LogP contribution in [0.1, 0.15) is 22.3 Å². The van der Waals surface area contributed by atoms with Crippen molar-refractivity contribution >= 4 is 43.8 Å². The molecule has 0 bridgehead atoms. The first-order valence-electron chi connectivity index (χ1n) is 8.01. The molecule has 1 N–H and O–H groups in total. The molecular weight excluding hydrogens is 378 g/mol. The minimum absolute atomic E-state index is 0.0884. The Morgan fingerprint density at radius 1 is 1.31 bits per heavy atom. The Morgan fingerprint density at radius 2 is 2.12 bits per heavy atom. The number of aromatic nitrogens is 5. The second-order valence-electron chi connectivity index (χ2n) is 5.46. The molecule has 136 valence electrons. The average Bonchev–Trinajstić information content (AvgIpc) is 3.29. The van der Waals surface area contributed by atoms with Crippen molar-refractivity contribution < 1.29 is 9.53 Å². The lowest BCUT2D eigenvalue weighted by Crippen LogP contribution is -2.36. The van der Waals surface area contributed by atoms with Gasteiger partial charge in [-0.3, -0.25) is 14.9 Å². The number of carbonyl (C=O) groups is 1. The molecule has 0 atom stereocenters. The predicted octanol–water partition coefficient (Wildman–Crippen LogP) is 0.654. The Labute approximate surface area is 155 Å². The molecule has 3 aromatic rings. The van der Waals surface area contributed by atoms with Crippen LogP contribution in [0.5, 0.6) is 0 Å². The molecule has 10 nitrogen and oxygen atoms in total. The van der Waals surface area contributed by atoms with Crippen LogP contribution >= 0.6 is 22.7 Å². The van der Waals surface area contributed by atoms with Crippen LogP contribution in [-0.4, -0.2) is 57.0 Å². The molecule has 0 radical (unpaired) electrons. The number of rotatable bonds is 4. The van der Waals surface area contributed by atoms with E-state index in [-0.39, 0.29) is 5.56 Å². The van der Waals surface area contributed by atoms with Gasteiger partial charge in [0.05, 0.1) is 13.2 Å². The quantitative estimate of drug-likeness (QED) is 0.687. The van der Waals surface area contributed by atoms with Crippen molar-refractivity contribution in [3.8, 4) is 0 Å². The Balaban J connectivity index is 1.62. The van der Waals surface area contributed by atoms with Gasteiger partial charge < -0.3 is 9.64 Å². The van der Waals surface area contributed by atoms with Gasteiger partial charge in [0.25, 0.3) is 11.5 Å². The molecule has 1 fully saturated rings. The fourth-order valence-electron chi connectivity index (χ4n) is 2.43. The first kappa shape index (κ1) is 17.0. The maximum absolute atomic E-state index is 12.6. The Bertz CT molecular complexity index is 1010. The van der Waals surface area contributed by atoms with Gasteiger partial charge in [-0.15, -0.1) is 15.3 Å². The summed E-state index contributed by atoms with van der Waals surface area (Å²) in [5, 5.41) is 16.6. The van der Waals surface area contributed by atoms with E-state index in [2.05, 4.69) is 25.6 Å². The predicted molar refractivity (Wildman–Crippen MR) is 97.4 cm³/mol. The van der Waals surface area contributed by atoms with Crippen molar-refractivity contribution in [3.63, 3.8) is 0 Å². The molecule has 4 rings (SSSR count). The second kappa shape index (κ2) is 7.05. The van der Waals surface area contributed by atoms with Crippen molar-refractivity contribution in [1.82, 2.24) is 24.8 Å². The molecule has 0 unspecified atom stereocenters. The van der Waals surface area contributed by atoms with Crippen LogP contribution in [0, 0.1) is 0 Å². The minimum Gasteiger partial charge on any atom is -0.378 e. The van der Waals surface area contributed by atoms with Crippen LogP contribution in [0.3, 0.4) is 0 Å². The second-order valence-corrected chi connectivity index (χ2v) is 7.46. The summed E-state index contributed by atoms with van der Waals surface area (Å²) in [6.07, 6.45) is 2.00. The third-order valence-corrected chi connectivity index (χ3v) is 5.76. The molecule has 12 heteroatoms. The van der Waals surface area contributed by atoms with Gasteiger partial charge in [0.15, 0.2) is 0 Å². The number of hydrogen-bond donors (Lipinski definition) is 1. The van der Waals surface area contributed by atoms with Crippen molar-refractivity contribution in [3.05, 3.63) is 27.1 Å². The van der Waals surface area contributed by atoms with Crippen molar-refractivity contribution in [2.45, 2.75) is 13.3 Å². The number of nitrogens with one attached hydrogen (secondary N) is 1. The van der Waals surface area contributed by atoms with E-state index in [4.69, 9.17) is 4.74 Å². The van der Waals surface area contributed by atoms with Crippen LogP contribution in [0.4, 0.5) is 10.3 Å². The number of ether oxygens (including phenoxy) is 1. The van der Waals surface area contributed by atoms with E-state index in [9.17, 15) is 9.59 Å². The summed E-state index contributed by atoms with van der Waals surface area (Å²) in [5.41, 5.74) is -0.599. The molecule has 4 heterocycles. The molecule has 3 aromatic heterocycles. The van der Waals surface area contributed by atoms with Gasteiger partial charge in [-0.05, 0) is 6.42 Å². The number of carbonyl (C=O) groups excluding carboxylic acids is 1. The zero-order valence-electron chi connectivity index (χ0n) is 13.8. The number of aryl methyl sites for hydroxylation is 1. The molecule has 0 aromatic carbocycles. The maximum atomic E-state index is 12.6. The van der Waals surface area contributed by atoms with Gasteiger partial charge in [-0.2, -0.15) is 4.52 Å². The van der Waals surface area contributed by atoms with E-state index in [0.717, 1.165) is 11.4 Å². The third kappa shape index (κ3) is 3.18. The maximum Gasteiger partial charge on any atom is 0.288 e. The van der Waals surface area contributed by atoms with Crippen LogP contribution in [0.25, 0.3) is 4.96 Å². The van der Waals surface area contributed by atoms with Gasteiger partial charge in [-0.1, -0.05) is 29.6 Å². The summed E-state index contributed by atoms with van der Waals surface area (Å²) in [7, 11) is 0. The van der Waals surface area contributed by atoms with Gasteiger partial charge in [0.1, 0.15) is 10.6 Å². The molecule has 0 spiro atoms. The summed E-state index contributed by atoms with van der Waals surface area (Å²) < 4.78 is 6.49. The number of nitrogens with zero attached hydrogens (tertiary/aromatic N) is 6. The van der Waals surface area contributed by atoms with E-state index in [1.807, 2.05) is 11.8 Å². The molecule has 1 amide bonds. The van der Waals surface area contributed by atoms with Crippen LogP contribution in [-0.2, 0) is 11.2 Å². The summed E-state index contributed by atoms with van der Waals surface area (Å²) in [6, 6.07) is 0. The summed E-state index contributed by atoms with van der Waals surface area (Å²) in [6.45, 7) is 4.60. The molecule has 26 heavy (non-hydrogen) atoms. The molecular formula is C14H15N7O3S2. The molecule has 1 saturated heterocycles. The topological polar surface area (TPSA) is 115 Å². The smallest absolute Gasteiger partial charge is 0.288 e. The molecule has 1 aliphatic heterocycles. The first-order chi connectivity index (χ1) is 12.7. The van der Waals surface area contributed by atoms with Gasteiger partial charge >= 0.3 is 0 Å². The summed E-state index contributed by atoms with van der Waals surface area (Å²) in [5.74, 6) is -0.573. The minimum atomic E-state index is -0.573. The van der Waals surface area contributed by atoms with Gasteiger partial charge in [0.2, 0.25) is 15.2 Å². The lowest BCUT2D eigenvalue weighted by Gasteiger charge is -2.25. The highest BCUT2D eigenvalue weighted by molar-refractivity contribution is 7.20. The number of hydrogen-bond acceptors (Lipinski definition) is 10. The fraction of sp³-hybridized carbons (Fsp3) is 0.429. The van der Waals surface area contributed by atoms with E-state index in [0.29, 0.717) is 41.5 Å². The zero-order chi connectivity index (χ0) is 18.1. The van der Waals surface area contributed by atoms with Gasteiger partial charge in [0, 0.05) is 19.3 Å². The number of morpholine rings is 1. The Morgan fingerprint density at radius 3 is 2.85 bits per heavy atom. The number of fused-ring (bicyclic) bond motifs is 1. The van der Waals surface area contributed by atoms with Crippen molar-refractivity contribution in [1.29, 1.82) is 0 Å². The van der Waals surface area contributed by atoms with Crippen LogP contribution < -0.4 is 15.8 Å². The monoisotopic (exact) mass is 393 g/mol. The Hall–Kier alpha value is -2.44. The highest BCUT2D eigenvalue weighted by Gasteiger charge is 2.20. The summed E-state index contributed by atoms with van der Waals surface area (Å²) >= 11 is 2.58. The number of amides is 1. The van der Waals surface area contributed by atoms with Crippen molar-refractivity contribution in [2.24, 2.45) is 0 Å². The zero-order valence-corrected chi connectivity index (χ0v) is 15.5. The number of anilines is 2.